The summed E-state index contributed by atoms with van der Waals surface area (Å²) in [5, 5.41) is 0.923. The van der Waals surface area contributed by atoms with Crippen molar-refractivity contribution in [2.75, 3.05) is 18.8 Å². The van der Waals surface area contributed by atoms with Crippen LogP contribution in [0.1, 0.15) is 6.42 Å². The predicted molar refractivity (Wildman–Crippen MR) is 54.3 cm³/mol. The number of likely N-dealkylation sites (tertiary alicyclic amines) is 1. The summed E-state index contributed by atoms with van der Waals surface area (Å²) >= 11 is 5.55. The average molecular weight is 234 g/mol. The summed E-state index contributed by atoms with van der Waals surface area (Å²) in [7, 11) is 0. The van der Waals surface area contributed by atoms with E-state index in [4.69, 9.17) is 0 Å². The standard InChI is InChI=1S/C8H12BrNS/c1-6(9)3-10-4-8-2-7(10)5-11-8/h7-8H,1-5H2. The molecule has 0 spiro atoms. The molecule has 0 aliphatic carbocycles. The SMILES string of the molecule is C=C(Br)CN1CC2CC1CS2. The first kappa shape index (κ1) is 8.14. The molecule has 2 aliphatic rings. The van der Waals surface area contributed by atoms with Crippen molar-refractivity contribution < 1.29 is 0 Å². The van der Waals surface area contributed by atoms with Crippen LogP contribution in [0.25, 0.3) is 0 Å². The maximum Gasteiger partial charge on any atom is 0.0297 e. The average Bonchev–Trinajstić information content (AvgIpc) is 2.45. The highest BCUT2D eigenvalue weighted by atomic mass is 79.9. The molecule has 1 nitrogen and oxygen atoms in total. The van der Waals surface area contributed by atoms with Gasteiger partial charge in [0.2, 0.25) is 0 Å². The molecule has 2 unspecified atom stereocenters. The fourth-order valence-corrected chi connectivity index (χ4v) is 3.71. The van der Waals surface area contributed by atoms with Crippen LogP contribution in [-0.2, 0) is 0 Å². The fraction of sp³-hybridized carbons (Fsp3) is 0.750. The van der Waals surface area contributed by atoms with Gasteiger partial charge in [-0.3, -0.25) is 4.90 Å². The second-order valence-electron chi connectivity index (χ2n) is 3.29. The molecule has 2 bridgehead atoms. The minimum atomic E-state index is 0.847. The van der Waals surface area contributed by atoms with Crippen LogP contribution in [0.3, 0.4) is 0 Å². The van der Waals surface area contributed by atoms with E-state index in [0.717, 1.165) is 22.3 Å². The number of fused-ring (bicyclic) bond motifs is 2. The van der Waals surface area contributed by atoms with Crippen LogP contribution in [0, 0.1) is 0 Å². The van der Waals surface area contributed by atoms with Crippen molar-refractivity contribution in [3.63, 3.8) is 0 Å². The molecule has 11 heavy (non-hydrogen) atoms. The summed E-state index contributed by atoms with van der Waals surface area (Å²) in [6, 6.07) is 0.847. The Hall–Kier alpha value is 0.530. The lowest BCUT2D eigenvalue weighted by Gasteiger charge is -2.25. The molecule has 2 rings (SSSR count). The van der Waals surface area contributed by atoms with E-state index in [2.05, 4.69) is 39.2 Å². The van der Waals surface area contributed by atoms with Crippen LogP contribution < -0.4 is 0 Å². The number of hydrogen-bond acceptors (Lipinski definition) is 2. The third-order valence-electron chi connectivity index (χ3n) is 2.39. The molecule has 2 aliphatic heterocycles. The van der Waals surface area contributed by atoms with Gasteiger partial charge in [0, 0.05) is 34.6 Å². The van der Waals surface area contributed by atoms with E-state index in [1.807, 2.05) is 0 Å². The van der Waals surface area contributed by atoms with Gasteiger partial charge in [-0.05, 0) is 6.42 Å². The van der Waals surface area contributed by atoms with Gasteiger partial charge >= 0.3 is 0 Å². The molecular weight excluding hydrogens is 222 g/mol. The Bertz CT molecular complexity index is 183. The number of rotatable bonds is 2. The zero-order valence-electron chi connectivity index (χ0n) is 6.42. The van der Waals surface area contributed by atoms with E-state index in [-0.39, 0.29) is 0 Å². The fourth-order valence-electron chi connectivity index (χ4n) is 1.89. The van der Waals surface area contributed by atoms with Crippen molar-refractivity contribution >= 4 is 27.7 Å². The lowest BCUT2D eigenvalue weighted by molar-refractivity contribution is 0.298. The topological polar surface area (TPSA) is 3.24 Å². The highest BCUT2D eigenvalue weighted by molar-refractivity contribution is 9.11. The zero-order valence-corrected chi connectivity index (χ0v) is 8.83. The summed E-state index contributed by atoms with van der Waals surface area (Å²) < 4.78 is 1.12. The molecule has 0 saturated carbocycles. The molecule has 0 aromatic carbocycles. The van der Waals surface area contributed by atoms with Gasteiger partial charge in [-0.25, -0.2) is 0 Å². The molecule has 2 heterocycles. The first-order valence-corrected chi connectivity index (χ1v) is 5.79. The van der Waals surface area contributed by atoms with Crippen LogP contribution in [0.4, 0.5) is 0 Å². The maximum absolute atomic E-state index is 3.87. The van der Waals surface area contributed by atoms with Crippen LogP contribution >= 0.6 is 27.7 Å². The second-order valence-corrected chi connectivity index (χ2v) is 5.75. The van der Waals surface area contributed by atoms with Crippen molar-refractivity contribution in [3.05, 3.63) is 11.1 Å². The van der Waals surface area contributed by atoms with Gasteiger partial charge in [0.15, 0.2) is 0 Å². The lowest BCUT2D eigenvalue weighted by Crippen LogP contribution is -2.34. The molecule has 3 heteroatoms. The minimum absolute atomic E-state index is 0.847. The number of nitrogens with zero attached hydrogens (tertiary/aromatic N) is 1. The Morgan fingerprint density at radius 3 is 3.00 bits per heavy atom. The van der Waals surface area contributed by atoms with Gasteiger partial charge < -0.3 is 0 Å². The summed E-state index contributed by atoms with van der Waals surface area (Å²) in [5.41, 5.74) is 0. The molecule has 0 aromatic rings. The summed E-state index contributed by atoms with van der Waals surface area (Å²) in [6.45, 7) is 6.19. The zero-order chi connectivity index (χ0) is 7.84. The van der Waals surface area contributed by atoms with Crippen molar-refractivity contribution in [1.29, 1.82) is 0 Å². The summed E-state index contributed by atoms with van der Waals surface area (Å²) in [5.74, 6) is 1.34. The van der Waals surface area contributed by atoms with Gasteiger partial charge in [-0.1, -0.05) is 22.5 Å². The minimum Gasteiger partial charge on any atom is -0.294 e. The van der Waals surface area contributed by atoms with Crippen LogP contribution in [0.5, 0.6) is 0 Å². The highest BCUT2D eigenvalue weighted by Crippen LogP contribution is 2.37. The number of thioether (sulfide) groups is 1. The Morgan fingerprint density at radius 2 is 2.55 bits per heavy atom. The van der Waals surface area contributed by atoms with Gasteiger partial charge in [-0.15, -0.1) is 0 Å². The van der Waals surface area contributed by atoms with E-state index in [1.165, 1.54) is 18.7 Å². The van der Waals surface area contributed by atoms with Gasteiger partial charge in [0.25, 0.3) is 0 Å². The molecule has 2 fully saturated rings. The summed E-state index contributed by atoms with van der Waals surface area (Å²) in [4.78, 5) is 2.54. The van der Waals surface area contributed by atoms with Crippen molar-refractivity contribution in [1.82, 2.24) is 4.90 Å². The quantitative estimate of drug-likeness (QED) is 0.719. The molecule has 2 atom stereocenters. The smallest absolute Gasteiger partial charge is 0.0297 e. The molecule has 0 radical (unpaired) electrons. The monoisotopic (exact) mass is 233 g/mol. The Morgan fingerprint density at radius 1 is 1.73 bits per heavy atom. The number of halogens is 1. The van der Waals surface area contributed by atoms with Crippen LogP contribution in [-0.4, -0.2) is 35.0 Å². The van der Waals surface area contributed by atoms with Crippen LogP contribution in [0.15, 0.2) is 11.1 Å². The van der Waals surface area contributed by atoms with Crippen molar-refractivity contribution in [2.45, 2.75) is 17.7 Å². The highest BCUT2D eigenvalue weighted by Gasteiger charge is 2.37. The van der Waals surface area contributed by atoms with E-state index >= 15 is 0 Å². The Balaban J connectivity index is 1.92. The van der Waals surface area contributed by atoms with Crippen molar-refractivity contribution in [3.8, 4) is 0 Å². The third-order valence-corrected chi connectivity index (χ3v) is 4.03. The summed E-state index contributed by atoms with van der Waals surface area (Å²) in [6.07, 6.45) is 1.41. The van der Waals surface area contributed by atoms with E-state index in [0.29, 0.717) is 0 Å². The normalized spacial score (nSPS) is 36.5. The Labute approximate surface area is 80.3 Å². The molecule has 0 N–H and O–H groups in total. The Kier molecular flexibility index (Phi) is 2.30. The maximum atomic E-state index is 3.87. The molecule has 2 saturated heterocycles. The van der Waals surface area contributed by atoms with E-state index in [9.17, 15) is 0 Å². The van der Waals surface area contributed by atoms with E-state index < -0.39 is 0 Å². The third kappa shape index (κ3) is 1.65. The lowest BCUT2D eigenvalue weighted by atomic mass is 10.2. The predicted octanol–water partition coefficient (Wildman–Crippen LogP) is 2.08. The molecule has 62 valence electrons. The first-order chi connectivity index (χ1) is 5.25. The number of hydrogen-bond donors (Lipinski definition) is 0. The second kappa shape index (κ2) is 3.11. The largest absolute Gasteiger partial charge is 0.294 e. The first-order valence-electron chi connectivity index (χ1n) is 3.94. The van der Waals surface area contributed by atoms with Gasteiger partial charge in [0.05, 0.1) is 0 Å². The van der Waals surface area contributed by atoms with Gasteiger partial charge in [-0.2, -0.15) is 11.8 Å². The van der Waals surface area contributed by atoms with Crippen molar-refractivity contribution in [2.24, 2.45) is 0 Å². The molecule has 0 aromatic heterocycles. The van der Waals surface area contributed by atoms with E-state index in [1.54, 1.807) is 0 Å². The van der Waals surface area contributed by atoms with Crippen LogP contribution in [0.2, 0.25) is 0 Å². The molecular formula is C8H12BrNS. The van der Waals surface area contributed by atoms with Gasteiger partial charge in [0.1, 0.15) is 0 Å². The molecule has 0 amide bonds.